The Hall–Kier alpha value is 0.796. The molecule has 0 unspecified atom stereocenters. The van der Waals surface area contributed by atoms with Gasteiger partial charge in [-0.1, -0.05) is 31.9 Å². The van der Waals surface area contributed by atoms with Crippen LogP contribution in [0.25, 0.3) is 0 Å². The van der Waals surface area contributed by atoms with Crippen LogP contribution in [0.4, 0.5) is 0 Å². The van der Waals surface area contributed by atoms with Gasteiger partial charge in [-0.05, 0) is 19.3 Å². The molecule has 0 nitrogen and oxygen atoms in total. The van der Waals surface area contributed by atoms with Crippen LogP contribution in [0.3, 0.4) is 0 Å². The van der Waals surface area contributed by atoms with E-state index in [1.54, 1.807) is 0 Å². The summed E-state index contributed by atoms with van der Waals surface area (Å²) in [5.74, 6) is 0.790. The monoisotopic (exact) mass is 186 g/mol. The Bertz CT molecular complexity index is 79.7. The van der Waals surface area contributed by atoms with Crippen molar-refractivity contribution in [3.8, 4) is 0 Å². The van der Waals surface area contributed by atoms with Crippen molar-refractivity contribution in [2.45, 2.75) is 39.0 Å². The van der Waals surface area contributed by atoms with E-state index in [-0.39, 0.29) is 25.9 Å². The predicted octanol–water partition coefficient (Wildman–Crippen LogP) is 3.60. The summed E-state index contributed by atoms with van der Waals surface area (Å²) in [7, 11) is 0. The molecule has 0 rings (SSSR count). The predicted molar refractivity (Wildman–Crippen MR) is 56.6 cm³/mol. The number of unbranched alkanes of at least 4 members (excludes halogenated alkanes) is 3. The molecule has 0 bridgehead atoms. The van der Waals surface area contributed by atoms with Crippen LogP contribution in [-0.4, -0.2) is 28.9 Å². The minimum Gasteiger partial charge on any atom is -1.00 e. The van der Waals surface area contributed by atoms with Crippen molar-refractivity contribution < 1.29 is 2.85 Å². The molecule has 0 aliphatic heterocycles. The van der Waals surface area contributed by atoms with E-state index in [0.717, 1.165) is 18.7 Å². The maximum Gasteiger partial charge on any atom is 2.00 e. The molecule has 64 valence electrons. The van der Waals surface area contributed by atoms with E-state index in [0.29, 0.717) is 0 Å². The fraction of sp³-hybridized carbons (Fsp3) is 0.778. The number of hydrogen-bond donors (Lipinski definition) is 0. The van der Waals surface area contributed by atoms with Crippen LogP contribution < -0.4 is 0 Å². The van der Waals surface area contributed by atoms with Crippen LogP contribution in [-0.2, 0) is 0 Å². The van der Waals surface area contributed by atoms with Crippen molar-refractivity contribution >= 4 is 34.7 Å². The van der Waals surface area contributed by atoms with E-state index >= 15 is 0 Å². The molecule has 0 aliphatic rings. The van der Waals surface area contributed by atoms with Crippen LogP contribution in [0.2, 0.25) is 0 Å². The van der Waals surface area contributed by atoms with E-state index < -0.39 is 0 Å². The molecule has 0 aromatic rings. The Kier molecular flexibility index (Phi) is 17.4. The average Bonchev–Trinajstić information content (AvgIpc) is 1.97. The van der Waals surface area contributed by atoms with E-state index in [9.17, 15) is 0 Å². The molecule has 0 fully saturated rings. The zero-order valence-electron chi connectivity index (χ0n) is 9.48. The summed E-state index contributed by atoms with van der Waals surface area (Å²) in [6.45, 7) is 2.21. The van der Waals surface area contributed by atoms with Crippen LogP contribution >= 0.6 is 11.6 Å². The van der Waals surface area contributed by atoms with Gasteiger partial charge in [0.15, 0.2) is 0 Å². The fourth-order valence-electron chi connectivity index (χ4n) is 0.753. The molecule has 0 saturated heterocycles. The van der Waals surface area contributed by atoms with Gasteiger partial charge in [0.05, 0.1) is 0 Å². The van der Waals surface area contributed by atoms with Gasteiger partial charge < -0.3 is 2.85 Å². The maximum absolute atomic E-state index is 5.51. The van der Waals surface area contributed by atoms with Gasteiger partial charge in [0, 0.05) is 5.88 Å². The molecular weight excluding hydrogens is 168 g/mol. The Balaban J connectivity index is -0.000000135. The topological polar surface area (TPSA) is 0 Å². The molecule has 0 heterocycles. The zero-order valence-corrected chi connectivity index (χ0v) is 9.65. The first-order valence-corrected chi connectivity index (χ1v) is 4.66. The molecule has 0 aromatic carbocycles. The van der Waals surface area contributed by atoms with Crippen LogP contribution in [0.1, 0.15) is 41.9 Å². The molecule has 11 heavy (non-hydrogen) atoms. The Morgan fingerprint density at radius 3 is 2.18 bits per heavy atom. The van der Waals surface area contributed by atoms with Crippen molar-refractivity contribution in [1.82, 2.24) is 0 Å². The third kappa shape index (κ3) is 13.7. The molecule has 2 heteroatoms. The molecule has 0 radical (unpaired) electrons. The Morgan fingerprint density at radius 2 is 1.73 bits per heavy atom. The van der Waals surface area contributed by atoms with Gasteiger partial charge in [-0.2, -0.15) is 0 Å². The minimum absolute atomic E-state index is 0. The van der Waals surface area contributed by atoms with Crippen molar-refractivity contribution in [2.24, 2.45) is 0 Å². The van der Waals surface area contributed by atoms with Gasteiger partial charge in [0.1, 0.15) is 0 Å². The summed E-state index contributed by atoms with van der Waals surface area (Å²) in [4.78, 5) is 0. The van der Waals surface area contributed by atoms with Gasteiger partial charge in [-0.25, -0.2) is 0 Å². The molecule has 0 N–H and O–H groups in total. The van der Waals surface area contributed by atoms with Crippen molar-refractivity contribution in [3.63, 3.8) is 0 Å². The molecule has 0 spiro atoms. The Labute approximate surface area is 94.5 Å². The first kappa shape index (κ1) is 14.3. The van der Waals surface area contributed by atoms with E-state index in [1.165, 1.54) is 19.3 Å². The SMILES string of the molecule is CCCC/C=C\CCCCl.[H-].[H-].[Mg+2]. The van der Waals surface area contributed by atoms with Gasteiger partial charge in [-0.15, -0.1) is 11.6 Å². The number of allylic oxidation sites excluding steroid dienone is 2. The van der Waals surface area contributed by atoms with Crippen molar-refractivity contribution in [2.75, 3.05) is 5.88 Å². The molecule has 0 aromatic heterocycles. The molecular formula is C9H19ClMg. The summed E-state index contributed by atoms with van der Waals surface area (Å²) < 4.78 is 0. The molecule has 0 saturated carbocycles. The van der Waals surface area contributed by atoms with Gasteiger partial charge in [0.25, 0.3) is 0 Å². The summed E-state index contributed by atoms with van der Waals surface area (Å²) >= 11 is 5.51. The molecule has 0 atom stereocenters. The largest absolute Gasteiger partial charge is 2.00 e. The number of rotatable bonds is 6. The fourth-order valence-corrected chi connectivity index (χ4v) is 0.907. The van der Waals surface area contributed by atoms with Crippen LogP contribution in [0, 0.1) is 0 Å². The first-order valence-electron chi connectivity index (χ1n) is 4.12. The summed E-state index contributed by atoms with van der Waals surface area (Å²) in [6.07, 6.45) is 10.6. The van der Waals surface area contributed by atoms with Crippen LogP contribution in [0.5, 0.6) is 0 Å². The first-order chi connectivity index (χ1) is 4.91. The third-order valence-electron chi connectivity index (χ3n) is 1.40. The minimum atomic E-state index is 0. The van der Waals surface area contributed by atoms with E-state index in [1.807, 2.05) is 0 Å². The van der Waals surface area contributed by atoms with Gasteiger partial charge in [-0.3, -0.25) is 0 Å². The van der Waals surface area contributed by atoms with Crippen molar-refractivity contribution in [3.05, 3.63) is 12.2 Å². The average molecular weight is 187 g/mol. The third-order valence-corrected chi connectivity index (χ3v) is 1.66. The summed E-state index contributed by atoms with van der Waals surface area (Å²) in [5, 5.41) is 0. The second-order valence-corrected chi connectivity index (χ2v) is 2.82. The second-order valence-electron chi connectivity index (χ2n) is 2.44. The standard InChI is InChI=1S/C9H17Cl.Mg.2H/c1-2-3-4-5-6-7-8-9-10;;;/h5-6H,2-4,7-9H2,1H3;;;/q;+2;2*-1/b6-5-;;;. The maximum atomic E-state index is 5.51. The number of halogens is 1. The molecule has 0 amide bonds. The molecule has 0 aliphatic carbocycles. The summed E-state index contributed by atoms with van der Waals surface area (Å²) in [6, 6.07) is 0. The number of alkyl halides is 1. The zero-order chi connectivity index (χ0) is 7.66. The van der Waals surface area contributed by atoms with E-state index in [4.69, 9.17) is 11.6 Å². The van der Waals surface area contributed by atoms with Crippen molar-refractivity contribution in [1.29, 1.82) is 0 Å². The van der Waals surface area contributed by atoms with E-state index in [2.05, 4.69) is 19.1 Å². The Morgan fingerprint density at radius 1 is 1.18 bits per heavy atom. The van der Waals surface area contributed by atoms with Gasteiger partial charge in [0.2, 0.25) is 0 Å². The smallest absolute Gasteiger partial charge is 1.00 e. The summed E-state index contributed by atoms with van der Waals surface area (Å²) in [5.41, 5.74) is 0. The normalized spacial score (nSPS) is 10.0. The van der Waals surface area contributed by atoms with Gasteiger partial charge >= 0.3 is 23.1 Å². The number of hydrogen-bond acceptors (Lipinski definition) is 0. The van der Waals surface area contributed by atoms with Crippen LogP contribution in [0.15, 0.2) is 12.2 Å². The second kappa shape index (κ2) is 13.4. The quantitative estimate of drug-likeness (QED) is 0.258.